The van der Waals surface area contributed by atoms with E-state index in [9.17, 15) is 70.3 Å². The average molecular weight is 1630 g/mol. The van der Waals surface area contributed by atoms with Crippen molar-refractivity contribution < 1.29 is 154 Å². The maximum atomic E-state index is 11.7. The van der Waals surface area contributed by atoms with Gasteiger partial charge in [-0.1, -0.05) is 65.2 Å². The van der Waals surface area contributed by atoms with E-state index < -0.39 is 150 Å². The van der Waals surface area contributed by atoms with Gasteiger partial charge in [-0.15, -0.1) is 0 Å². The van der Waals surface area contributed by atoms with E-state index in [1.165, 1.54) is 14.0 Å². The highest BCUT2D eigenvalue weighted by Crippen LogP contribution is 2.46. The molecular formula is C61H121NO32P4S4. The zero-order valence-corrected chi connectivity index (χ0v) is 66.3. The summed E-state index contributed by atoms with van der Waals surface area (Å²) in [7, 11) is 1.30. The Balaban J connectivity index is 1.52. The summed E-state index contributed by atoms with van der Waals surface area (Å²) >= 11 is 20.8. The number of carbonyl (C=O) groups is 1. The molecule has 3 fully saturated rings. The van der Waals surface area contributed by atoms with Crippen molar-refractivity contribution in [3.8, 4) is 0 Å². The van der Waals surface area contributed by atoms with Crippen molar-refractivity contribution in [1.82, 2.24) is 5.32 Å². The predicted octanol–water partition coefficient (Wildman–Crippen LogP) is 3.22. The largest absolute Gasteiger partial charge is 0.394 e. The minimum Gasteiger partial charge on any atom is -0.394 e. The number of amides is 1. The van der Waals surface area contributed by atoms with Gasteiger partial charge in [-0.3, -0.25) is 4.79 Å². The van der Waals surface area contributed by atoms with Gasteiger partial charge in [0.1, 0.15) is 48.8 Å². The van der Waals surface area contributed by atoms with Gasteiger partial charge in [0.15, 0.2) is 18.9 Å². The molecule has 14 N–H and O–H groups in total. The van der Waals surface area contributed by atoms with E-state index >= 15 is 0 Å². The highest BCUT2D eigenvalue weighted by Gasteiger charge is 2.46. The number of hydrogen-bond donors (Lipinski definition) is 14. The van der Waals surface area contributed by atoms with Crippen LogP contribution in [0.4, 0.5) is 0 Å². The van der Waals surface area contributed by atoms with Gasteiger partial charge in [-0.25, -0.2) is 0 Å². The molecule has 3 heterocycles. The minimum absolute atomic E-state index is 0.0134. The van der Waals surface area contributed by atoms with E-state index in [1.54, 1.807) is 13.8 Å². The zero-order valence-electron chi connectivity index (χ0n) is 59.4. The summed E-state index contributed by atoms with van der Waals surface area (Å²) < 4.78 is 103. The summed E-state index contributed by atoms with van der Waals surface area (Å²) in [6, 6.07) is -1.04. The highest BCUT2D eigenvalue weighted by molar-refractivity contribution is 8.08. The summed E-state index contributed by atoms with van der Waals surface area (Å²) in [6.07, 6.45) is -1.17. The molecule has 0 aliphatic carbocycles. The molecule has 3 saturated heterocycles. The third-order valence-electron chi connectivity index (χ3n) is 16.7. The third kappa shape index (κ3) is 40.9. The van der Waals surface area contributed by atoms with Crippen LogP contribution in [-0.4, -0.2) is 297 Å². The van der Waals surface area contributed by atoms with Gasteiger partial charge in [0.2, 0.25) is 5.91 Å². The molecule has 0 saturated carbocycles. The molecular weight excluding hydrogens is 1510 g/mol. The predicted molar refractivity (Wildman–Crippen MR) is 385 cm³/mol. The van der Waals surface area contributed by atoms with Gasteiger partial charge in [-0.05, 0) is 118 Å². The second-order valence-electron chi connectivity index (χ2n) is 25.5. The molecule has 19 atom stereocenters. The van der Waals surface area contributed by atoms with Crippen molar-refractivity contribution in [3.05, 3.63) is 0 Å². The Morgan fingerprint density at radius 2 is 0.627 bits per heavy atom. The third-order valence-corrected chi connectivity index (χ3v) is 23.4. The fourth-order valence-electron chi connectivity index (χ4n) is 10.7. The number of hydrogen-bond acceptors (Lipinski definition) is 32. The molecule has 33 nitrogen and oxygen atoms in total. The van der Waals surface area contributed by atoms with Crippen molar-refractivity contribution in [2.75, 3.05) is 146 Å². The molecule has 0 aromatic rings. The lowest BCUT2D eigenvalue weighted by molar-refractivity contribution is -0.282. The Hall–Kier alpha value is 0.830. The van der Waals surface area contributed by atoms with Crippen LogP contribution in [0.1, 0.15) is 143 Å². The van der Waals surface area contributed by atoms with Crippen molar-refractivity contribution in [1.29, 1.82) is 0 Å². The second-order valence-corrected chi connectivity index (χ2v) is 37.0. The Morgan fingerprint density at radius 3 is 0.931 bits per heavy atom. The summed E-state index contributed by atoms with van der Waals surface area (Å²) in [6.45, 7) is -7.95. The molecule has 1 amide bonds. The first-order chi connectivity index (χ1) is 48.6. The number of rotatable bonds is 63. The maximum Gasteiger partial charge on any atom is 0.324 e. The molecule has 0 aromatic heterocycles. The first kappa shape index (κ1) is 97.0. The Morgan fingerprint density at radius 1 is 0.373 bits per heavy atom. The topological polar surface area (TPSA) is 458 Å². The number of nitrogens with one attached hydrogen (secondary N) is 1. The molecule has 10 unspecified atom stereocenters. The van der Waals surface area contributed by atoms with E-state index in [0.29, 0.717) is 103 Å². The molecule has 606 valence electrons. The standard InChI is InChI=1S/C61H121NO32P4S4/c1-45-52(67)54(69)48(38-63)92-58(45)82-28-14-6-10-18-32-86-96(74,100)89-35-21-25-79-42-61(41-78-24-13-5-9-17-31-85-95(73,99)77-4,43-80-26-22-36-90-97(75,101)87-33-19-11-7-15-29-83-59-46(2)53(68)55(70)49(39-64)93-59)44-81-27-23-37-91-98(76,102)88-34-20-12-8-16-30-84-60-51(62-47(3)66)57(72)56(71)50(40-65)94-60/h45-46,48-60,63-65,67-72H,5-44H2,1-4H3,(H,62,66)(H,73,99)(H,74,100)(H,75,101)(H,76,102)/t45?,46?,48?,49?,50?,51?,52-,53-,54+,55+,56+,57-,58-,59-,60-,61?,95?,96?,97?,98?/m1/s1. The van der Waals surface area contributed by atoms with Crippen molar-refractivity contribution in [2.45, 2.75) is 223 Å². The fourth-order valence-corrected chi connectivity index (χ4v) is 15.1. The molecule has 41 heteroatoms. The molecule has 3 aliphatic heterocycles. The van der Waals surface area contributed by atoms with Crippen LogP contribution in [0.5, 0.6) is 0 Å². The van der Waals surface area contributed by atoms with Crippen LogP contribution in [0.3, 0.4) is 0 Å². The number of aliphatic hydroxyl groups excluding tert-OH is 9. The summed E-state index contributed by atoms with van der Waals surface area (Å²) in [5, 5.41) is 92.7. The van der Waals surface area contributed by atoms with Gasteiger partial charge in [0.25, 0.3) is 0 Å². The van der Waals surface area contributed by atoms with Crippen molar-refractivity contribution in [3.63, 3.8) is 0 Å². The van der Waals surface area contributed by atoms with Crippen molar-refractivity contribution >= 4 is 80.0 Å². The zero-order chi connectivity index (χ0) is 75.5. The quantitative estimate of drug-likeness (QED) is 0.0307. The van der Waals surface area contributed by atoms with Crippen LogP contribution in [-0.2, 0) is 136 Å². The fraction of sp³-hybridized carbons (Fsp3) is 0.984. The second kappa shape index (κ2) is 54.5. The van der Waals surface area contributed by atoms with Gasteiger partial charge in [-0.2, -0.15) is 0 Å². The summed E-state index contributed by atoms with van der Waals surface area (Å²) in [4.78, 5) is 54.1. The first-order valence-corrected chi connectivity index (χ1v) is 45.6. The van der Waals surface area contributed by atoms with Gasteiger partial charge in [0.05, 0.1) is 110 Å². The molecule has 3 rings (SSSR count). The minimum atomic E-state index is -3.62. The Labute approximate surface area is 621 Å². The Kier molecular flexibility index (Phi) is 51.8. The van der Waals surface area contributed by atoms with Crippen LogP contribution in [0, 0.1) is 17.3 Å². The maximum absolute atomic E-state index is 11.7. The number of carbonyl (C=O) groups excluding carboxylic acids is 1. The molecule has 102 heavy (non-hydrogen) atoms. The molecule has 0 spiro atoms. The van der Waals surface area contributed by atoms with Crippen LogP contribution in [0.15, 0.2) is 0 Å². The SMILES string of the molecule is COP(O)(=S)OCCCCCCOCC(COCCCOP(O)(=S)OCCCCCCO[C@@H]1OC(CO)[C@H](O)[C@H](O)C1C)(COCCCOP(O)(=S)OCCCCCCO[C@@H]1OC(CO)[C@H](O)[C@H](O)C1C)COCCCOP(O)(=S)OCCCCCCO[C@@H]1OC(CO)[C@H](O)[C@H](O)C1NC(C)=O. The average Bonchev–Trinajstić information content (AvgIpc) is 0.828. The molecule has 0 aromatic carbocycles. The van der Waals surface area contributed by atoms with Gasteiger partial charge in [0, 0.05) is 72.1 Å². The summed E-state index contributed by atoms with van der Waals surface area (Å²) in [5.74, 6) is -1.43. The lowest BCUT2D eigenvalue weighted by atomic mass is 9.92. The van der Waals surface area contributed by atoms with E-state index in [4.69, 9.17) is 131 Å². The number of aliphatic hydroxyl groups is 9. The van der Waals surface area contributed by atoms with Crippen molar-refractivity contribution in [2.24, 2.45) is 17.3 Å². The van der Waals surface area contributed by atoms with Crippen LogP contribution >= 0.6 is 26.9 Å². The lowest BCUT2D eigenvalue weighted by Gasteiger charge is -2.42. The first-order valence-electron chi connectivity index (χ1n) is 35.3. The highest BCUT2D eigenvalue weighted by atomic mass is 32.5. The van der Waals surface area contributed by atoms with Crippen LogP contribution < -0.4 is 5.32 Å². The Bertz CT molecular complexity index is 2300. The van der Waals surface area contributed by atoms with Crippen LogP contribution in [0.25, 0.3) is 0 Å². The number of ether oxygens (including phenoxy) is 10. The monoisotopic (exact) mass is 1630 g/mol. The van der Waals surface area contributed by atoms with E-state index in [1.807, 2.05) is 0 Å². The smallest absolute Gasteiger partial charge is 0.324 e. The van der Waals surface area contributed by atoms with Crippen LogP contribution in [0.2, 0.25) is 0 Å². The number of unbranched alkanes of at least 4 members (excludes halogenated alkanes) is 12. The van der Waals surface area contributed by atoms with E-state index in [0.717, 1.165) is 38.5 Å². The normalized spacial score (nSPS) is 28.6. The van der Waals surface area contributed by atoms with Gasteiger partial charge >= 0.3 is 26.9 Å². The molecule has 3 aliphatic rings. The molecule has 0 bridgehead atoms. The molecule has 0 radical (unpaired) electrons. The van der Waals surface area contributed by atoms with Gasteiger partial charge < -0.3 is 154 Å². The summed E-state index contributed by atoms with van der Waals surface area (Å²) in [5.41, 5.74) is -0.904. The van der Waals surface area contributed by atoms with E-state index in [2.05, 4.69) is 5.32 Å². The van der Waals surface area contributed by atoms with E-state index in [-0.39, 0.29) is 99.1 Å². The lowest BCUT2D eigenvalue weighted by Crippen LogP contribution is -2.64.